The third-order valence-corrected chi connectivity index (χ3v) is 15.2. The molecule has 0 bridgehead atoms. The lowest BCUT2D eigenvalue weighted by Gasteiger charge is -2.35. The Morgan fingerprint density at radius 1 is 0.303 bits per heavy atom. The number of aryl methyl sites for hydroxylation is 1. The maximum atomic E-state index is 2.53. The normalized spacial score (nSPS) is 17.4. The molecule has 9 aromatic rings. The van der Waals surface area contributed by atoms with Crippen LogP contribution >= 0.6 is 0 Å². The molecular formula is C65H55N. The predicted octanol–water partition coefficient (Wildman–Crippen LogP) is 16.8. The molecule has 0 aliphatic heterocycles. The van der Waals surface area contributed by atoms with Gasteiger partial charge in [-0.3, -0.25) is 0 Å². The summed E-state index contributed by atoms with van der Waals surface area (Å²) in [5.41, 5.74) is 24.7. The number of hydrogen-bond donors (Lipinski definition) is 0. The minimum Gasteiger partial charge on any atom is -0.310 e. The zero-order chi connectivity index (χ0) is 45.2. The molecule has 2 atom stereocenters. The average Bonchev–Trinajstić information content (AvgIpc) is 3.91. The van der Waals surface area contributed by atoms with E-state index in [0.29, 0.717) is 0 Å². The number of benzene rings is 9. The maximum absolute atomic E-state index is 2.53. The van der Waals surface area contributed by atoms with Crippen molar-refractivity contribution in [3.63, 3.8) is 0 Å². The second-order valence-corrected chi connectivity index (χ2v) is 21.0. The van der Waals surface area contributed by atoms with Crippen molar-refractivity contribution in [1.82, 2.24) is 0 Å². The molecule has 9 aromatic carbocycles. The Hall–Kier alpha value is -7.22. The summed E-state index contributed by atoms with van der Waals surface area (Å²) in [7, 11) is 0. The second kappa shape index (κ2) is 14.4. The van der Waals surface area contributed by atoms with Gasteiger partial charge in [-0.2, -0.15) is 0 Å². The second-order valence-electron chi connectivity index (χ2n) is 21.0. The van der Waals surface area contributed by atoms with E-state index in [4.69, 9.17) is 0 Å². The summed E-state index contributed by atoms with van der Waals surface area (Å²) in [6.07, 6.45) is 0. The molecule has 0 saturated carbocycles. The highest BCUT2D eigenvalue weighted by atomic mass is 15.1. The molecule has 0 radical (unpaired) electrons. The van der Waals surface area contributed by atoms with Gasteiger partial charge in [0.2, 0.25) is 0 Å². The van der Waals surface area contributed by atoms with E-state index >= 15 is 0 Å². The number of nitrogens with zero attached hydrogens (tertiary/aromatic N) is 1. The third kappa shape index (κ3) is 5.65. The van der Waals surface area contributed by atoms with E-state index in [0.717, 1.165) is 17.1 Å². The molecule has 0 amide bonds. The summed E-state index contributed by atoms with van der Waals surface area (Å²) < 4.78 is 0. The van der Waals surface area contributed by atoms with Crippen LogP contribution in [0.1, 0.15) is 103 Å². The van der Waals surface area contributed by atoms with Crippen LogP contribution in [-0.4, -0.2) is 0 Å². The van der Waals surface area contributed by atoms with Crippen molar-refractivity contribution in [3.05, 3.63) is 267 Å². The van der Waals surface area contributed by atoms with Crippen molar-refractivity contribution in [2.24, 2.45) is 0 Å². The van der Waals surface area contributed by atoms with Gasteiger partial charge < -0.3 is 4.90 Å². The fourth-order valence-corrected chi connectivity index (χ4v) is 12.0. The first kappa shape index (κ1) is 40.3. The Labute approximate surface area is 391 Å². The quantitative estimate of drug-likeness (QED) is 0.167. The van der Waals surface area contributed by atoms with Crippen molar-refractivity contribution in [3.8, 4) is 33.4 Å². The molecule has 0 fully saturated rings. The first-order chi connectivity index (χ1) is 31.9. The van der Waals surface area contributed by atoms with Gasteiger partial charge in [-0.05, 0) is 143 Å². The van der Waals surface area contributed by atoms with Gasteiger partial charge in [0, 0.05) is 17.1 Å². The van der Waals surface area contributed by atoms with Gasteiger partial charge in [0.15, 0.2) is 0 Å². The molecule has 1 nitrogen and oxygen atoms in total. The number of hydrogen-bond acceptors (Lipinski definition) is 1. The number of rotatable bonds is 5. The molecular weight excluding hydrogens is 795 g/mol. The smallest absolute Gasteiger partial charge is 0.0726 e. The van der Waals surface area contributed by atoms with Crippen LogP contribution in [0.5, 0.6) is 0 Å². The minimum absolute atomic E-state index is 0.00708. The zero-order valence-electron chi connectivity index (χ0n) is 39.1. The highest BCUT2D eigenvalue weighted by molar-refractivity contribution is 5.97. The Kier molecular flexibility index (Phi) is 8.79. The van der Waals surface area contributed by atoms with Crippen LogP contribution in [0.15, 0.2) is 206 Å². The first-order valence-electron chi connectivity index (χ1n) is 23.7. The Morgan fingerprint density at radius 3 is 1.20 bits per heavy atom. The fourth-order valence-electron chi connectivity index (χ4n) is 12.0. The number of anilines is 3. The molecule has 66 heavy (non-hydrogen) atoms. The molecule has 12 rings (SSSR count). The van der Waals surface area contributed by atoms with Crippen molar-refractivity contribution in [2.75, 3.05) is 4.90 Å². The summed E-state index contributed by atoms with van der Waals surface area (Å²) in [5, 5.41) is 0. The summed E-state index contributed by atoms with van der Waals surface area (Å²) in [6, 6.07) is 79.0. The van der Waals surface area contributed by atoms with Crippen LogP contribution < -0.4 is 4.90 Å². The van der Waals surface area contributed by atoms with Crippen molar-refractivity contribution in [1.29, 1.82) is 0 Å². The minimum atomic E-state index is -0.537. The SMILES string of the molecule is Cc1ccc(N(c2ccc3c(c2)C(c2ccccc2)(c2ccc(C(C)(C)C)cc2)c2ccccc2-3)c2ccc3c(c2)C2(c4ccccc4-3)c3ccccc3-c3ccc(C(C)(C)C)cc32)cc1. The highest BCUT2D eigenvalue weighted by Crippen LogP contribution is 2.64. The lowest BCUT2D eigenvalue weighted by molar-refractivity contribution is 0.588. The van der Waals surface area contributed by atoms with Crippen molar-refractivity contribution >= 4 is 17.1 Å². The van der Waals surface area contributed by atoms with Crippen LogP contribution in [0.2, 0.25) is 0 Å². The largest absolute Gasteiger partial charge is 0.310 e. The number of fused-ring (bicyclic) bond motifs is 13. The molecule has 3 aliphatic rings. The first-order valence-corrected chi connectivity index (χ1v) is 23.7. The fraction of sp³-hybridized carbons (Fsp3) is 0.169. The Balaban J connectivity index is 1.12. The van der Waals surface area contributed by atoms with Gasteiger partial charge in [0.1, 0.15) is 0 Å². The van der Waals surface area contributed by atoms with E-state index in [1.807, 2.05) is 0 Å². The van der Waals surface area contributed by atoms with Gasteiger partial charge in [-0.1, -0.05) is 217 Å². The predicted molar refractivity (Wildman–Crippen MR) is 277 cm³/mol. The summed E-state index contributed by atoms with van der Waals surface area (Å²) in [5.74, 6) is 0. The van der Waals surface area contributed by atoms with Gasteiger partial charge in [0.05, 0.1) is 10.8 Å². The van der Waals surface area contributed by atoms with E-state index in [1.165, 1.54) is 94.6 Å². The Morgan fingerprint density at radius 2 is 0.682 bits per heavy atom. The molecule has 1 spiro atoms. The molecule has 2 unspecified atom stereocenters. The van der Waals surface area contributed by atoms with Gasteiger partial charge >= 0.3 is 0 Å². The molecule has 0 N–H and O–H groups in total. The molecule has 3 aliphatic carbocycles. The highest BCUT2D eigenvalue weighted by Gasteiger charge is 2.52. The Bertz CT molecular complexity index is 3360. The van der Waals surface area contributed by atoms with Crippen LogP contribution in [-0.2, 0) is 21.7 Å². The summed E-state index contributed by atoms with van der Waals surface area (Å²) >= 11 is 0. The van der Waals surface area contributed by atoms with E-state index in [1.54, 1.807) is 0 Å². The average molecular weight is 850 g/mol. The summed E-state index contributed by atoms with van der Waals surface area (Å²) in [6.45, 7) is 16.1. The lowest BCUT2D eigenvalue weighted by atomic mass is 9.67. The van der Waals surface area contributed by atoms with Gasteiger partial charge in [0.25, 0.3) is 0 Å². The molecule has 1 heteroatoms. The van der Waals surface area contributed by atoms with Crippen LogP contribution in [0.25, 0.3) is 33.4 Å². The third-order valence-electron chi connectivity index (χ3n) is 15.2. The van der Waals surface area contributed by atoms with E-state index in [2.05, 4.69) is 260 Å². The molecule has 320 valence electrons. The lowest BCUT2D eigenvalue weighted by Crippen LogP contribution is -2.29. The monoisotopic (exact) mass is 849 g/mol. The van der Waals surface area contributed by atoms with Crippen molar-refractivity contribution < 1.29 is 0 Å². The topological polar surface area (TPSA) is 3.24 Å². The maximum Gasteiger partial charge on any atom is 0.0726 e. The standard InChI is InChI=1S/C65H55N/c1-42-25-32-47(33-26-42)66(48-34-37-54-50-19-11-14-22-56(50)64(60(54)40-48,44-17-9-8-10-18-44)45-29-27-43(28-30-45)62(2,3)4)49-35-38-55-52-21-13-16-24-58(52)65(61(55)41-49)57-23-15-12-20-51(57)53-36-31-46(39-59(53)65)63(5,6)7/h8-41H,1-7H3. The zero-order valence-corrected chi connectivity index (χ0v) is 39.1. The summed E-state index contributed by atoms with van der Waals surface area (Å²) in [4.78, 5) is 2.51. The van der Waals surface area contributed by atoms with Crippen LogP contribution in [0, 0.1) is 6.92 Å². The molecule has 0 aromatic heterocycles. The molecule has 0 heterocycles. The van der Waals surface area contributed by atoms with E-state index in [9.17, 15) is 0 Å². The van der Waals surface area contributed by atoms with E-state index in [-0.39, 0.29) is 10.8 Å². The van der Waals surface area contributed by atoms with Crippen LogP contribution in [0.3, 0.4) is 0 Å². The van der Waals surface area contributed by atoms with Crippen LogP contribution in [0.4, 0.5) is 17.1 Å². The van der Waals surface area contributed by atoms with Gasteiger partial charge in [-0.15, -0.1) is 0 Å². The van der Waals surface area contributed by atoms with Gasteiger partial charge in [-0.25, -0.2) is 0 Å². The van der Waals surface area contributed by atoms with E-state index < -0.39 is 10.8 Å². The molecule has 0 saturated heterocycles. The van der Waals surface area contributed by atoms with Crippen molar-refractivity contribution in [2.45, 2.75) is 70.1 Å².